The molecule has 2 heteroatoms. The van der Waals surface area contributed by atoms with Crippen molar-refractivity contribution in [1.82, 2.24) is 5.32 Å². The molecule has 0 spiro atoms. The van der Waals surface area contributed by atoms with Gasteiger partial charge in [-0.2, -0.15) is 0 Å². The van der Waals surface area contributed by atoms with Gasteiger partial charge < -0.3 is 10.4 Å². The Morgan fingerprint density at radius 1 is 1.11 bits per heavy atom. The van der Waals surface area contributed by atoms with Crippen LogP contribution in [-0.4, -0.2) is 11.1 Å². The molecule has 1 aromatic carbocycles. The first-order chi connectivity index (χ1) is 8.77. The lowest BCUT2D eigenvalue weighted by Crippen LogP contribution is -2.43. The van der Waals surface area contributed by atoms with Gasteiger partial charge in [-0.1, -0.05) is 45.9 Å². The lowest BCUT2D eigenvalue weighted by Gasteiger charge is -2.45. The Hall–Kier alpha value is -1.02. The maximum absolute atomic E-state index is 9.81. The van der Waals surface area contributed by atoms with E-state index in [2.05, 4.69) is 33.0 Å². The zero-order chi connectivity index (χ0) is 14.1. The first-order valence-corrected chi connectivity index (χ1v) is 7.28. The molecule has 1 aliphatic rings. The minimum atomic E-state index is 0.393. The van der Waals surface area contributed by atoms with E-state index >= 15 is 0 Å². The van der Waals surface area contributed by atoms with Crippen molar-refractivity contribution >= 4 is 0 Å². The van der Waals surface area contributed by atoms with Crippen LogP contribution < -0.4 is 5.32 Å². The molecule has 0 aromatic heterocycles. The van der Waals surface area contributed by atoms with Gasteiger partial charge in [0.15, 0.2) is 0 Å². The second kappa shape index (κ2) is 5.16. The number of phenols is 1. The maximum Gasteiger partial charge on any atom is 0.120 e. The number of para-hydroxylation sites is 1. The minimum absolute atomic E-state index is 0.393. The summed E-state index contributed by atoms with van der Waals surface area (Å²) >= 11 is 0. The predicted molar refractivity (Wildman–Crippen MR) is 80.1 cm³/mol. The lowest BCUT2D eigenvalue weighted by atomic mass is 9.63. The van der Waals surface area contributed by atoms with Crippen molar-refractivity contribution < 1.29 is 5.11 Å². The zero-order valence-corrected chi connectivity index (χ0v) is 12.7. The summed E-state index contributed by atoms with van der Waals surface area (Å²) < 4.78 is 0. The molecule has 0 atom stereocenters. The van der Waals surface area contributed by atoms with Crippen molar-refractivity contribution in [2.45, 2.75) is 59.5 Å². The molecule has 0 heterocycles. The predicted octanol–water partition coefficient (Wildman–Crippen LogP) is 4.09. The fraction of sp³-hybridized carbons (Fsp3) is 0.647. The molecule has 106 valence electrons. The van der Waals surface area contributed by atoms with E-state index in [9.17, 15) is 5.11 Å². The van der Waals surface area contributed by atoms with E-state index in [1.54, 1.807) is 6.07 Å². The normalized spacial score (nSPS) is 22.3. The summed E-state index contributed by atoms with van der Waals surface area (Å²) in [4.78, 5) is 0. The van der Waals surface area contributed by atoms with Gasteiger partial charge in [0.1, 0.15) is 5.75 Å². The Bertz CT molecular complexity index is 421. The SMILES string of the molecule is CC1(C)CC(NCc2ccccc2O)CC(C)(C)C1. The molecule has 1 aromatic rings. The van der Waals surface area contributed by atoms with E-state index in [0.29, 0.717) is 22.6 Å². The average molecular weight is 261 g/mol. The minimum Gasteiger partial charge on any atom is -0.508 e. The number of rotatable bonds is 3. The van der Waals surface area contributed by atoms with Crippen LogP contribution in [-0.2, 0) is 6.54 Å². The molecule has 2 N–H and O–H groups in total. The maximum atomic E-state index is 9.81. The van der Waals surface area contributed by atoms with Crippen LogP contribution in [0.1, 0.15) is 52.5 Å². The Morgan fingerprint density at radius 3 is 2.26 bits per heavy atom. The Morgan fingerprint density at radius 2 is 1.68 bits per heavy atom. The van der Waals surface area contributed by atoms with Gasteiger partial charge in [0, 0.05) is 18.2 Å². The van der Waals surface area contributed by atoms with Crippen LogP contribution in [0.4, 0.5) is 0 Å². The Labute approximate surface area is 117 Å². The van der Waals surface area contributed by atoms with Crippen molar-refractivity contribution in [2.24, 2.45) is 10.8 Å². The van der Waals surface area contributed by atoms with E-state index in [0.717, 1.165) is 12.1 Å². The van der Waals surface area contributed by atoms with Crippen LogP contribution in [0.2, 0.25) is 0 Å². The number of hydrogen-bond acceptors (Lipinski definition) is 2. The Kier molecular flexibility index (Phi) is 3.91. The molecule has 0 saturated heterocycles. The van der Waals surface area contributed by atoms with Crippen molar-refractivity contribution in [3.8, 4) is 5.75 Å². The standard InChI is InChI=1S/C17H27NO/c1-16(2)9-14(10-17(3,4)12-16)18-11-13-7-5-6-8-15(13)19/h5-8,14,18-19H,9-12H2,1-4H3. The lowest BCUT2D eigenvalue weighted by molar-refractivity contribution is 0.0844. The van der Waals surface area contributed by atoms with Crippen LogP contribution in [0, 0.1) is 10.8 Å². The number of nitrogens with one attached hydrogen (secondary N) is 1. The first kappa shape index (κ1) is 14.4. The van der Waals surface area contributed by atoms with Crippen molar-refractivity contribution in [3.63, 3.8) is 0 Å². The summed E-state index contributed by atoms with van der Waals surface area (Å²) in [6, 6.07) is 8.13. The zero-order valence-electron chi connectivity index (χ0n) is 12.7. The van der Waals surface area contributed by atoms with Gasteiger partial charge in [0.05, 0.1) is 0 Å². The van der Waals surface area contributed by atoms with E-state index in [1.165, 1.54) is 19.3 Å². The molecule has 1 aliphatic carbocycles. The van der Waals surface area contributed by atoms with Crippen LogP contribution in [0.15, 0.2) is 24.3 Å². The molecule has 0 aliphatic heterocycles. The summed E-state index contributed by atoms with van der Waals surface area (Å²) in [5.41, 5.74) is 1.79. The highest BCUT2D eigenvalue weighted by Gasteiger charge is 2.38. The van der Waals surface area contributed by atoms with Crippen molar-refractivity contribution in [1.29, 1.82) is 0 Å². The van der Waals surface area contributed by atoms with E-state index in [-0.39, 0.29) is 0 Å². The third-order valence-corrected chi connectivity index (χ3v) is 4.13. The number of hydrogen-bond donors (Lipinski definition) is 2. The highest BCUT2D eigenvalue weighted by molar-refractivity contribution is 5.31. The topological polar surface area (TPSA) is 32.3 Å². The van der Waals surface area contributed by atoms with Crippen LogP contribution >= 0.6 is 0 Å². The fourth-order valence-electron chi connectivity index (χ4n) is 3.91. The molecule has 0 radical (unpaired) electrons. The quantitative estimate of drug-likeness (QED) is 0.859. The second-order valence-corrected chi connectivity index (χ2v) is 7.62. The molecule has 19 heavy (non-hydrogen) atoms. The van der Waals surface area contributed by atoms with Crippen LogP contribution in [0.25, 0.3) is 0 Å². The number of phenolic OH excluding ortho intramolecular Hbond substituents is 1. The molecular formula is C17H27NO. The van der Waals surface area contributed by atoms with Crippen molar-refractivity contribution in [2.75, 3.05) is 0 Å². The number of benzene rings is 1. The van der Waals surface area contributed by atoms with E-state index in [1.807, 2.05) is 18.2 Å². The van der Waals surface area contributed by atoms with Crippen LogP contribution in [0.5, 0.6) is 5.75 Å². The van der Waals surface area contributed by atoms with Gasteiger partial charge in [-0.3, -0.25) is 0 Å². The van der Waals surface area contributed by atoms with Crippen LogP contribution in [0.3, 0.4) is 0 Å². The van der Waals surface area contributed by atoms with Gasteiger partial charge in [0.25, 0.3) is 0 Å². The van der Waals surface area contributed by atoms with E-state index in [4.69, 9.17) is 0 Å². The Balaban J connectivity index is 1.98. The molecule has 0 unspecified atom stereocenters. The highest BCUT2D eigenvalue weighted by atomic mass is 16.3. The van der Waals surface area contributed by atoms with E-state index < -0.39 is 0 Å². The first-order valence-electron chi connectivity index (χ1n) is 7.28. The third kappa shape index (κ3) is 3.97. The van der Waals surface area contributed by atoms with Gasteiger partial charge in [0.2, 0.25) is 0 Å². The van der Waals surface area contributed by atoms with Crippen molar-refractivity contribution in [3.05, 3.63) is 29.8 Å². The molecule has 2 rings (SSSR count). The molecule has 1 saturated carbocycles. The van der Waals surface area contributed by atoms with Gasteiger partial charge in [-0.05, 0) is 36.2 Å². The molecule has 2 nitrogen and oxygen atoms in total. The molecule has 0 amide bonds. The molecule has 0 bridgehead atoms. The average Bonchev–Trinajstić information content (AvgIpc) is 2.23. The van der Waals surface area contributed by atoms with Gasteiger partial charge >= 0.3 is 0 Å². The summed E-state index contributed by atoms with van der Waals surface area (Å²) in [5.74, 6) is 0.393. The molecule has 1 fully saturated rings. The summed E-state index contributed by atoms with van der Waals surface area (Å²) in [5, 5.41) is 13.4. The third-order valence-electron chi connectivity index (χ3n) is 4.13. The number of aromatic hydroxyl groups is 1. The smallest absolute Gasteiger partial charge is 0.120 e. The summed E-state index contributed by atoms with van der Waals surface area (Å²) in [7, 11) is 0. The van der Waals surface area contributed by atoms with Gasteiger partial charge in [-0.15, -0.1) is 0 Å². The summed E-state index contributed by atoms with van der Waals surface area (Å²) in [6.45, 7) is 10.2. The second-order valence-electron chi connectivity index (χ2n) is 7.62. The largest absolute Gasteiger partial charge is 0.508 e. The fourth-order valence-corrected chi connectivity index (χ4v) is 3.91. The monoisotopic (exact) mass is 261 g/mol. The highest BCUT2D eigenvalue weighted by Crippen LogP contribution is 2.45. The molecular weight excluding hydrogens is 234 g/mol. The summed E-state index contributed by atoms with van der Waals surface area (Å²) in [6.07, 6.45) is 3.71. The van der Waals surface area contributed by atoms with Gasteiger partial charge in [-0.25, -0.2) is 0 Å².